The molecule has 0 atom stereocenters. The lowest BCUT2D eigenvalue weighted by Gasteiger charge is -2.10. The van der Waals surface area contributed by atoms with Crippen molar-refractivity contribution in [1.82, 2.24) is 0 Å². The van der Waals surface area contributed by atoms with E-state index in [0.717, 1.165) is 18.2 Å². The lowest BCUT2D eigenvalue weighted by atomic mass is 10.1. The number of benzene rings is 2. The molecule has 4 nitrogen and oxygen atoms in total. The molecule has 0 aliphatic carbocycles. The number of carbonyl (C=O) groups excluding carboxylic acids is 1. The van der Waals surface area contributed by atoms with Gasteiger partial charge in [-0.25, -0.2) is 0 Å². The summed E-state index contributed by atoms with van der Waals surface area (Å²) >= 11 is 0. The molecule has 0 bridgehead atoms. The zero-order valence-corrected chi connectivity index (χ0v) is 13.4. The van der Waals surface area contributed by atoms with Crippen LogP contribution in [0.3, 0.4) is 0 Å². The Bertz CT molecular complexity index is 793. The van der Waals surface area contributed by atoms with Gasteiger partial charge in [0, 0.05) is 6.07 Å². The number of ketones is 1. The van der Waals surface area contributed by atoms with Gasteiger partial charge in [0.15, 0.2) is 17.3 Å². The Morgan fingerprint density at radius 3 is 2.12 bits per heavy atom. The van der Waals surface area contributed by atoms with Crippen molar-refractivity contribution in [3.05, 3.63) is 59.2 Å². The molecule has 0 heterocycles. The third-order valence-electron chi connectivity index (χ3n) is 3.43. The van der Waals surface area contributed by atoms with Gasteiger partial charge in [-0.2, -0.15) is 13.2 Å². The van der Waals surface area contributed by atoms with E-state index in [9.17, 15) is 23.1 Å². The van der Waals surface area contributed by atoms with Crippen LogP contribution in [0, 0.1) is 0 Å². The van der Waals surface area contributed by atoms with E-state index in [1.807, 2.05) is 0 Å². The summed E-state index contributed by atoms with van der Waals surface area (Å²) in [6, 6.07) is 6.93. The highest BCUT2D eigenvalue weighted by molar-refractivity contribution is 6.09. The van der Waals surface area contributed by atoms with Crippen LogP contribution in [-0.2, 0) is 6.18 Å². The Kier molecular flexibility index (Phi) is 5.36. The Labute approximate surface area is 142 Å². The quantitative estimate of drug-likeness (QED) is 0.643. The first kappa shape index (κ1) is 18.4. The number of halogens is 3. The average molecular weight is 352 g/mol. The van der Waals surface area contributed by atoms with Crippen molar-refractivity contribution < 1.29 is 32.5 Å². The van der Waals surface area contributed by atoms with Crippen molar-refractivity contribution in [2.24, 2.45) is 0 Å². The first-order valence-corrected chi connectivity index (χ1v) is 7.11. The molecule has 25 heavy (non-hydrogen) atoms. The average Bonchev–Trinajstić information content (AvgIpc) is 2.58. The summed E-state index contributed by atoms with van der Waals surface area (Å²) in [5.41, 5.74) is -0.365. The molecule has 0 fully saturated rings. The molecule has 0 saturated heterocycles. The van der Waals surface area contributed by atoms with E-state index in [4.69, 9.17) is 9.47 Å². The summed E-state index contributed by atoms with van der Waals surface area (Å²) in [6.07, 6.45) is -1.90. The second-order valence-electron chi connectivity index (χ2n) is 5.04. The minimum atomic E-state index is -4.41. The Hall–Kier alpha value is -2.96. The lowest BCUT2D eigenvalue weighted by Crippen LogP contribution is -2.04. The number of hydrogen-bond donors (Lipinski definition) is 1. The summed E-state index contributed by atoms with van der Waals surface area (Å²) in [5.74, 6) is -0.284. The zero-order chi connectivity index (χ0) is 18.6. The van der Waals surface area contributed by atoms with Crippen LogP contribution in [-0.4, -0.2) is 25.1 Å². The Morgan fingerprint density at radius 2 is 1.60 bits per heavy atom. The number of aromatic hydroxyl groups is 1. The van der Waals surface area contributed by atoms with Crippen LogP contribution in [0.1, 0.15) is 21.5 Å². The standard InChI is InChI=1S/C18H15F3O4/c1-24-16-9-13(15(23)10-17(16)25-2)14(22)8-5-11-3-6-12(7-4-11)18(19,20)21/h3-10,23H,1-2H3/b8-5+. The second kappa shape index (κ2) is 7.29. The number of alkyl halides is 3. The lowest BCUT2D eigenvalue weighted by molar-refractivity contribution is -0.137. The summed E-state index contributed by atoms with van der Waals surface area (Å²) in [5, 5.41) is 9.92. The fourth-order valence-corrected chi connectivity index (χ4v) is 2.11. The maximum absolute atomic E-state index is 12.5. The van der Waals surface area contributed by atoms with Gasteiger partial charge in [-0.3, -0.25) is 4.79 Å². The third kappa shape index (κ3) is 4.32. The molecule has 0 amide bonds. The highest BCUT2D eigenvalue weighted by Crippen LogP contribution is 2.34. The monoisotopic (exact) mass is 352 g/mol. The number of ether oxygens (including phenoxy) is 2. The topological polar surface area (TPSA) is 55.8 Å². The molecule has 0 spiro atoms. The molecule has 0 saturated carbocycles. The Balaban J connectivity index is 2.23. The molecule has 2 aromatic rings. The smallest absolute Gasteiger partial charge is 0.416 e. The predicted molar refractivity (Wildman–Crippen MR) is 86.0 cm³/mol. The molecule has 132 valence electrons. The van der Waals surface area contributed by atoms with E-state index >= 15 is 0 Å². The SMILES string of the molecule is COc1cc(O)c(C(=O)/C=C/c2ccc(C(F)(F)F)cc2)cc1OC. The first-order chi connectivity index (χ1) is 11.8. The maximum Gasteiger partial charge on any atom is 0.416 e. The van der Waals surface area contributed by atoms with Gasteiger partial charge in [0.2, 0.25) is 0 Å². The van der Waals surface area contributed by atoms with Crippen LogP contribution < -0.4 is 9.47 Å². The minimum absolute atomic E-state index is 0.0131. The molecule has 7 heteroatoms. The number of phenols is 1. The van der Waals surface area contributed by atoms with E-state index in [1.54, 1.807) is 0 Å². The highest BCUT2D eigenvalue weighted by atomic mass is 19.4. The largest absolute Gasteiger partial charge is 0.507 e. The van der Waals surface area contributed by atoms with Gasteiger partial charge < -0.3 is 14.6 Å². The van der Waals surface area contributed by atoms with Gasteiger partial charge in [0.1, 0.15) is 5.75 Å². The van der Waals surface area contributed by atoms with E-state index in [0.29, 0.717) is 5.56 Å². The minimum Gasteiger partial charge on any atom is -0.507 e. The fraction of sp³-hybridized carbons (Fsp3) is 0.167. The van der Waals surface area contributed by atoms with Crippen LogP contribution in [0.25, 0.3) is 6.08 Å². The van der Waals surface area contributed by atoms with Crippen LogP contribution >= 0.6 is 0 Å². The number of allylic oxidation sites excluding steroid dienone is 1. The van der Waals surface area contributed by atoms with Crippen molar-refractivity contribution in [3.8, 4) is 17.2 Å². The van der Waals surface area contributed by atoms with Gasteiger partial charge in [0.05, 0.1) is 25.3 Å². The molecule has 2 rings (SSSR count). The van der Waals surface area contributed by atoms with Gasteiger partial charge in [-0.15, -0.1) is 0 Å². The fourth-order valence-electron chi connectivity index (χ4n) is 2.11. The first-order valence-electron chi connectivity index (χ1n) is 7.11. The van der Waals surface area contributed by atoms with Crippen LogP contribution in [0.5, 0.6) is 17.2 Å². The van der Waals surface area contributed by atoms with Gasteiger partial charge in [-0.05, 0) is 29.8 Å². The number of methoxy groups -OCH3 is 2. The number of carbonyl (C=O) groups is 1. The summed E-state index contributed by atoms with van der Waals surface area (Å²) < 4.78 is 47.6. The third-order valence-corrected chi connectivity index (χ3v) is 3.43. The van der Waals surface area contributed by atoms with Crippen molar-refractivity contribution in [1.29, 1.82) is 0 Å². The van der Waals surface area contributed by atoms with Gasteiger partial charge in [-0.1, -0.05) is 18.2 Å². The molecular weight excluding hydrogens is 337 g/mol. The van der Waals surface area contributed by atoms with Crippen molar-refractivity contribution in [2.75, 3.05) is 14.2 Å². The normalized spacial score (nSPS) is 11.6. The summed E-state index contributed by atoms with van der Waals surface area (Å²) in [4.78, 5) is 12.2. The molecular formula is C18H15F3O4. The van der Waals surface area contributed by atoms with Crippen molar-refractivity contribution in [3.63, 3.8) is 0 Å². The van der Waals surface area contributed by atoms with E-state index in [2.05, 4.69) is 0 Å². The van der Waals surface area contributed by atoms with E-state index in [-0.39, 0.29) is 22.8 Å². The predicted octanol–water partition coefficient (Wildman–Crippen LogP) is 4.32. The number of phenolic OH excluding ortho intramolecular Hbond substituents is 1. The molecule has 0 aliphatic heterocycles. The molecule has 0 unspecified atom stereocenters. The molecule has 1 N–H and O–H groups in total. The number of hydrogen-bond acceptors (Lipinski definition) is 4. The molecule has 2 aromatic carbocycles. The Morgan fingerprint density at radius 1 is 1.04 bits per heavy atom. The van der Waals surface area contributed by atoms with E-state index < -0.39 is 17.5 Å². The highest BCUT2D eigenvalue weighted by Gasteiger charge is 2.29. The zero-order valence-electron chi connectivity index (χ0n) is 13.4. The van der Waals surface area contributed by atoms with Crippen LogP contribution in [0.15, 0.2) is 42.5 Å². The van der Waals surface area contributed by atoms with Crippen molar-refractivity contribution >= 4 is 11.9 Å². The van der Waals surface area contributed by atoms with E-state index in [1.165, 1.54) is 44.6 Å². The number of rotatable bonds is 5. The van der Waals surface area contributed by atoms with Gasteiger partial charge >= 0.3 is 6.18 Å². The van der Waals surface area contributed by atoms with Crippen molar-refractivity contribution in [2.45, 2.75) is 6.18 Å². The summed E-state index contributed by atoms with van der Waals surface area (Å²) in [6.45, 7) is 0. The molecule has 0 radical (unpaired) electrons. The molecule has 0 aliphatic rings. The molecule has 0 aromatic heterocycles. The van der Waals surface area contributed by atoms with Gasteiger partial charge in [0.25, 0.3) is 0 Å². The second-order valence-corrected chi connectivity index (χ2v) is 5.04. The van der Waals surface area contributed by atoms with Crippen LogP contribution in [0.4, 0.5) is 13.2 Å². The maximum atomic E-state index is 12.5. The summed E-state index contributed by atoms with van der Waals surface area (Å²) in [7, 11) is 2.78. The van der Waals surface area contributed by atoms with Crippen LogP contribution in [0.2, 0.25) is 0 Å².